The molecule has 1 fully saturated rings. The number of carbonyl (C=O) groups excluding carboxylic acids is 3. The van der Waals surface area contributed by atoms with Gasteiger partial charge in [-0.15, -0.1) is 0 Å². The third-order valence-corrected chi connectivity index (χ3v) is 14.6. The van der Waals surface area contributed by atoms with E-state index in [1.165, 1.54) is 6.07 Å². The number of fused-ring (bicyclic) bond motifs is 4. The normalized spacial score (nSPS) is 23.9. The highest BCUT2D eigenvalue weighted by molar-refractivity contribution is 6.74. The molecule has 3 aliphatic carbocycles. The summed E-state index contributed by atoms with van der Waals surface area (Å²) >= 11 is 0. The molecule has 3 aliphatic rings. The van der Waals surface area contributed by atoms with E-state index in [1.807, 2.05) is 59.8 Å². The predicted molar refractivity (Wildman–Crippen MR) is 182 cm³/mol. The van der Waals surface area contributed by atoms with Crippen LogP contribution in [0.1, 0.15) is 101 Å². The summed E-state index contributed by atoms with van der Waals surface area (Å²) in [5.41, 5.74) is -2.59. The van der Waals surface area contributed by atoms with Crippen LogP contribution in [0.15, 0.2) is 22.2 Å². The molecule has 0 saturated heterocycles. The molecule has 1 heterocycles. The van der Waals surface area contributed by atoms with Gasteiger partial charge in [0, 0.05) is 17.6 Å². The first-order valence-electron chi connectivity index (χ1n) is 16.9. The summed E-state index contributed by atoms with van der Waals surface area (Å²) in [6, 6.07) is 1.60. The van der Waals surface area contributed by atoms with Crippen molar-refractivity contribution in [3.63, 3.8) is 0 Å². The van der Waals surface area contributed by atoms with Gasteiger partial charge in [-0.05, 0) is 95.0 Å². The van der Waals surface area contributed by atoms with E-state index in [1.54, 1.807) is 20.8 Å². The Morgan fingerprint density at radius 3 is 2.39 bits per heavy atom. The first-order chi connectivity index (χ1) is 22.6. The van der Waals surface area contributed by atoms with E-state index >= 15 is 14.0 Å². The van der Waals surface area contributed by atoms with Crippen molar-refractivity contribution >= 4 is 31.8 Å². The quantitative estimate of drug-likeness (QED) is 0.0958. The number of ether oxygens (including phenoxy) is 3. The number of ketones is 2. The first kappa shape index (κ1) is 36.7. The minimum atomic E-state index is -2.91. The van der Waals surface area contributed by atoms with Crippen LogP contribution in [-0.2, 0) is 20.4 Å². The van der Waals surface area contributed by atoms with E-state index in [4.69, 9.17) is 23.2 Å². The number of halogens is 1. The fraction of sp³-hybridized carbons (Fsp3) is 0.611. The fourth-order valence-electron chi connectivity index (χ4n) is 6.96. The Hall–Kier alpha value is -3.55. The van der Waals surface area contributed by atoms with Crippen molar-refractivity contribution in [1.82, 2.24) is 10.1 Å². The standard InChI is InChI=1S/C36H49FN2O9Si/c1-12-13-14-44-32-26-29(47-38-32)27(39(8)9)22-17-20-15-19-16-21(37)18-23(45-33(43)46-34(2,3)4)24(19)28(40)25(20)30(41)36(22,31(26)42)48-49(10,11)35(5,6)7/h16,18,20,22,27,40H,12-15,17H2,1-11H3/t20-,22-,27-,36-/m0/s1. The van der Waals surface area contributed by atoms with Gasteiger partial charge in [0.25, 0.3) is 5.88 Å². The van der Waals surface area contributed by atoms with Gasteiger partial charge >= 0.3 is 6.16 Å². The van der Waals surface area contributed by atoms with Crippen LogP contribution in [0.2, 0.25) is 18.1 Å². The molecule has 0 aliphatic heterocycles. The number of aliphatic hydroxyl groups excluding tert-OH is 1. The van der Waals surface area contributed by atoms with Crippen molar-refractivity contribution in [3.05, 3.63) is 46.0 Å². The van der Waals surface area contributed by atoms with Crippen molar-refractivity contribution in [1.29, 1.82) is 0 Å². The molecule has 13 heteroatoms. The molecule has 1 aromatic carbocycles. The van der Waals surface area contributed by atoms with Crippen LogP contribution in [0, 0.1) is 17.7 Å². The van der Waals surface area contributed by atoms with Gasteiger partial charge in [-0.1, -0.05) is 34.1 Å². The maximum atomic E-state index is 15.4. The van der Waals surface area contributed by atoms with E-state index in [-0.39, 0.29) is 41.2 Å². The third-order valence-electron chi connectivity index (χ3n) is 10.2. The zero-order chi connectivity index (χ0) is 36.4. The van der Waals surface area contributed by atoms with Crippen molar-refractivity contribution in [3.8, 4) is 11.6 Å². The molecule has 0 unspecified atom stereocenters. The Morgan fingerprint density at radius 1 is 1.12 bits per heavy atom. The van der Waals surface area contributed by atoms with E-state index < -0.39 is 71.7 Å². The Labute approximate surface area is 288 Å². The maximum absolute atomic E-state index is 15.4. The second-order valence-corrected chi connectivity index (χ2v) is 20.8. The van der Waals surface area contributed by atoms with Crippen molar-refractivity contribution in [2.75, 3.05) is 20.7 Å². The third kappa shape index (κ3) is 6.33. The van der Waals surface area contributed by atoms with Crippen LogP contribution in [-0.4, -0.2) is 73.1 Å². The number of nitrogens with zero attached hydrogens (tertiary/aromatic N) is 2. The number of Topliss-reactive ketones (excluding diaryl/α,β-unsaturated/α-hetero) is 2. The van der Waals surface area contributed by atoms with Gasteiger partial charge < -0.3 is 28.3 Å². The van der Waals surface area contributed by atoms with Crippen LogP contribution in [0.4, 0.5) is 9.18 Å². The molecule has 0 radical (unpaired) electrons. The minimum absolute atomic E-state index is 0.00240. The fourth-order valence-corrected chi connectivity index (χ4v) is 8.40. The van der Waals surface area contributed by atoms with E-state index in [0.717, 1.165) is 18.9 Å². The van der Waals surface area contributed by atoms with E-state index in [2.05, 4.69) is 5.16 Å². The van der Waals surface area contributed by atoms with Crippen molar-refractivity contribution < 1.29 is 47.0 Å². The summed E-state index contributed by atoms with van der Waals surface area (Å²) in [7, 11) is 0.756. The molecule has 5 rings (SSSR count). The number of rotatable bonds is 8. The van der Waals surface area contributed by atoms with Gasteiger partial charge in [0.2, 0.25) is 11.6 Å². The second kappa shape index (κ2) is 12.6. The number of hydrogen-bond donors (Lipinski definition) is 1. The molecule has 268 valence electrons. The molecule has 2 aromatic rings. The molecule has 4 atom stereocenters. The lowest BCUT2D eigenvalue weighted by molar-refractivity contribution is -0.140. The summed E-state index contributed by atoms with van der Waals surface area (Å²) in [5, 5.41) is 15.8. The lowest BCUT2D eigenvalue weighted by Crippen LogP contribution is -2.68. The van der Waals surface area contributed by atoms with Crippen LogP contribution < -0.4 is 9.47 Å². The van der Waals surface area contributed by atoms with Crippen LogP contribution in [0.25, 0.3) is 5.76 Å². The lowest BCUT2D eigenvalue weighted by atomic mass is 9.57. The van der Waals surface area contributed by atoms with Gasteiger partial charge in [-0.25, -0.2) is 9.18 Å². The summed E-state index contributed by atoms with van der Waals surface area (Å²) < 4.78 is 44.6. The van der Waals surface area contributed by atoms with Gasteiger partial charge in [0.05, 0.1) is 18.2 Å². The number of unbranched alkanes of at least 4 members (excludes halogenated alkanes) is 1. The van der Waals surface area contributed by atoms with Gasteiger partial charge in [-0.3, -0.25) is 14.5 Å². The topological polar surface area (TPSA) is 138 Å². The largest absolute Gasteiger partial charge is 0.514 e. The highest BCUT2D eigenvalue weighted by Crippen LogP contribution is 2.59. The molecule has 1 aromatic heterocycles. The Bertz CT molecular complexity index is 1700. The Balaban J connectivity index is 1.74. The maximum Gasteiger partial charge on any atom is 0.514 e. The summed E-state index contributed by atoms with van der Waals surface area (Å²) in [5.74, 6) is -3.85. The molecule has 0 amide bonds. The monoisotopic (exact) mass is 700 g/mol. The van der Waals surface area contributed by atoms with Crippen LogP contribution in [0.3, 0.4) is 0 Å². The van der Waals surface area contributed by atoms with Crippen molar-refractivity contribution in [2.24, 2.45) is 11.8 Å². The molecule has 0 bridgehead atoms. The molecule has 1 saturated carbocycles. The highest BCUT2D eigenvalue weighted by Gasteiger charge is 2.68. The predicted octanol–water partition coefficient (Wildman–Crippen LogP) is 7.60. The zero-order valence-electron chi connectivity index (χ0n) is 30.4. The highest BCUT2D eigenvalue weighted by atomic mass is 28.4. The van der Waals surface area contributed by atoms with Gasteiger partial charge in [0.15, 0.2) is 19.7 Å². The molecule has 1 N–H and O–H groups in total. The number of aromatic nitrogens is 1. The number of benzene rings is 1. The average Bonchev–Trinajstić information content (AvgIpc) is 3.35. The smallest absolute Gasteiger partial charge is 0.507 e. The average molecular weight is 701 g/mol. The molecule has 49 heavy (non-hydrogen) atoms. The van der Waals surface area contributed by atoms with Crippen molar-refractivity contribution in [2.45, 2.75) is 110 Å². The molecule has 0 spiro atoms. The SMILES string of the molecule is CCCCOc1noc2c1C(=O)[C@@]1(O[Si](C)(C)C(C)(C)C)C(=O)C3=C(O)c4c(cc(F)cc4OC(=O)OC(C)(C)C)C[C@H]3C[C@H]1[C@@H]2N(C)C. The van der Waals surface area contributed by atoms with Gasteiger partial charge in [0.1, 0.15) is 28.5 Å². The Kier molecular flexibility index (Phi) is 9.48. The summed E-state index contributed by atoms with van der Waals surface area (Å²) in [6.07, 6.45) is 0.834. The lowest BCUT2D eigenvalue weighted by Gasteiger charge is -2.55. The van der Waals surface area contributed by atoms with E-state index in [9.17, 15) is 9.90 Å². The number of hydrogen-bond acceptors (Lipinski definition) is 11. The van der Waals surface area contributed by atoms with Crippen LogP contribution in [0.5, 0.6) is 11.6 Å². The second-order valence-electron chi connectivity index (χ2n) is 16.1. The van der Waals surface area contributed by atoms with E-state index in [0.29, 0.717) is 17.9 Å². The summed E-state index contributed by atoms with van der Waals surface area (Å²) in [6.45, 7) is 17.3. The Morgan fingerprint density at radius 2 is 1.80 bits per heavy atom. The van der Waals surface area contributed by atoms with Crippen LogP contribution >= 0.6 is 0 Å². The number of aliphatic hydroxyl groups is 1. The first-order valence-corrected chi connectivity index (χ1v) is 19.8. The molecular formula is C36H49FN2O9Si. The summed E-state index contributed by atoms with van der Waals surface area (Å²) in [4.78, 5) is 45.1. The van der Waals surface area contributed by atoms with Gasteiger partial charge in [-0.2, -0.15) is 0 Å². The zero-order valence-corrected chi connectivity index (χ0v) is 31.4. The number of carbonyl (C=O) groups is 3. The molecular weight excluding hydrogens is 651 g/mol. The molecule has 11 nitrogen and oxygen atoms in total. The minimum Gasteiger partial charge on any atom is -0.507 e.